The summed E-state index contributed by atoms with van der Waals surface area (Å²) < 4.78 is 80.8. The van der Waals surface area contributed by atoms with Gasteiger partial charge < -0.3 is 97.7 Å². The minimum Gasteiger partial charge on any atom is -0.480 e. The molecular weight excluding hydrogens is 1900 g/mol. The zero-order chi connectivity index (χ0) is 105. The van der Waals surface area contributed by atoms with E-state index in [-0.39, 0.29) is 328 Å². The number of carboxylic acids is 6. The van der Waals surface area contributed by atoms with Crippen molar-refractivity contribution in [2.24, 2.45) is 11.8 Å². The van der Waals surface area contributed by atoms with Crippen LogP contribution in [0.5, 0.6) is 0 Å². The van der Waals surface area contributed by atoms with Crippen LogP contribution in [-0.4, -0.2) is 438 Å². The molecule has 2 heterocycles. The summed E-state index contributed by atoms with van der Waals surface area (Å²) in [4.78, 5) is 93.8. The molecule has 0 aromatic heterocycles. The first-order chi connectivity index (χ1) is 72.1. The number of aliphatic hydroxyl groups is 2. The van der Waals surface area contributed by atoms with E-state index in [2.05, 4.69) is 9.80 Å². The molecule has 8 aromatic rings. The largest absolute Gasteiger partial charge is 0.480 e. The molecule has 0 saturated carbocycles. The van der Waals surface area contributed by atoms with Crippen LogP contribution in [0.3, 0.4) is 0 Å². The van der Waals surface area contributed by atoms with Crippen LogP contribution in [0.4, 0.5) is 0 Å². The second-order valence-corrected chi connectivity index (χ2v) is 38.0. The number of hydrogen-bond acceptors (Lipinski definition) is 30. The van der Waals surface area contributed by atoms with E-state index in [1.54, 1.807) is 29.4 Å². The summed E-state index contributed by atoms with van der Waals surface area (Å²) in [5, 5.41) is 88.2. The van der Waals surface area contributed by atoms with Crippen LogP contribution in [0.2, 0.25) is 0 Å². The topological polar surface area (TPSA) is 407 Å². The smallest absolute Gasteiger partial charge is 0.317 e. The molecule has 36 heteroatoms. The fourth-order valence-electron chi connectivity index (χ4n) is 17.5. The Balaban J connectivity index is 1.07. The first-order valence-corrected chi connectivity index (χ1v) is 51.4. The minimum absolute atomic E-state index is 0.000265. The lowest BCUT2D eigenvalue weighted by Crippen LogP contribution is -2.51. The highest BCUT2D eigenvalue weighted by Gasteiger charge is 2.31. The summed E-state index contributed by atoms with van der Waals surface area (Å²) >= 11 is 0. The van der Waals surface area contributed by atoms with Gasteiger partial charge >= 0.3 is 35.8 Å². The number of carboxylic acid groups (broad SMARTS) is 6. The van der Waals surface area contributed by atoms with Crippen molar-refractivity contribution >= 4 is 35.8 Å². The molecule has 0 amide bonds. The first kappa shape index (κ1) is 119. The van der Waals surface area contributed by atoms with E-state index in [9.17, 15) is 69.6 Å². The predicted octanol–water partition coefficient (Wildman–Crippen LogP) is 7.77. The van der Waals surface area contributed by atoms with Gasteiger partial charge in [0.1, 0.15) is 24.4 Å². The Morgan fingerprint density at radius 2 is 0.365 bits per heavy atom. The Morgan fingerprint density at radius 1 is 0.216 bits per heavy atom. The third-order valence-corrected chi connectivity index (χ3v) is 25.2. The highest BCUT2D eigenvalue weighted by Crippen LogP contribution is 2.20. The number of ether oxygens (including phenoxy) is 12. The van der Waals surface area contributed by atoms with Crippen LogP contribution in [0, 0.1) is 11.8 Å². The van der Waals surface area contributed by atoms with Crippen LogP contribution >= 0.6 is 0 Å². The maximum Gasteiger partial charge on any atom is 0.317 e. The lowest BCUT2D eigenvalue weighted by molar-refractivity contribution is -0.140. The Morgan fingerprint density at radius 3 is 0.514 bits per heavy atom. The van der Waals surface area contributed by atoms with Crippen LogP contribution in [-0.2, 0) is 138 Å². The van der Waals surface area contributed by atoms with Gasteiger partial charge in [-0.3, -0.25) is 77.8 Å². The van der Waals surface area contributed by atoms with Gasteiger partial charge in [-0.1, -0.05) is 243 Å². The zero-order valence-electron chi connectivity index (χ0n) is 85.5. The van der Waals surface area contributed by atoms with Gasteiger partial charge in [0, 0.05) is 169 Å². The number of nitrogens with zero attached hydrogens (tertiary/aromatic N) is 10. The van der Waals surface area contributed by atoms with Crippen molar-refractivity contribution in [1.82, 2.24) is 49.0 Å². The molecule has 2 unspecified atom stereocenters. The van der Waals surface area contributed by atoms with E-state index < -0.39 is 84.3 Å². The Kier molecular flexibility index (Phi) is 57.6. The molecule has 8 aromatic carbocycles. The molecular formula is C112H156N10O26. The van der Waals surface area contributed by atoms with Crippen molar-refractivity contribution in [2.45, 2.75) is 89.5 Å². The number of aliphatic carboxylic acids is 6. The van der Waals surface area contributed by atoms with Gasteiger partial charge in [-0.25, -0.2) is 0 Å². The maximum absolute atomic E-state index is 13.4. The Bertz CT molecular complexity index is 4130. The van der Waals surface area contributed by atoms with Gasteiger partial charge in [-0.05, 0) is 44.5 Å². The van der Waals surface area contributed by atoms with E-state index in [1.807, 2.05) is 252 Å². The third-order valence-electron chi connectivity index (χ3n) is 25.2. The van der Waals surface area contributed by atoms with Gasteiger partial charge in [-0.15, -0.1) is 0 Å². The van der Waals surface area contributed by atoms with E-state index >= 15 is 0 Å². The summed E-state index contributed by atoms with van der Waals surface area (Å²) in [6.45, 7) is 4.70. The zero-order valence-corrected chi connectivity index (χ0v) is 85.5. The van der Waals surface area contributed by atoms with E-state index in [4.69, 9.17) is 56.8 Å². The quantitative estimate of drug-likeness (QED) is 0.0180. The van der Waals surface area contributed by atoms with Crippen molar-refractivity contribution in [3.05, 3.63) is 287 Å². The van der Waals surface area contributed by atoms with Crippen molar-refractivity contribution < 1.29 is 126 Å². The van der Waals surface area contributed by atoms with Crippen LogP contribution in [0.15, 0.2) is 243 Å². The van der Waals surface area contributed by atoms with E-state index in [1.165, 1.54) is 0 Å². The molecule has 2 aliphatic rings. The maximum atomic E-state index is 13.4. The molecule has 2 atom stereocenters. The molecule has 0 radical (unpaired) electrons. The number of aliphatic hydroxyl groups excluding tert-OH is 2. The Hall–Kier alpha value is -10.4. The molecule has 0 spiro atoms. The van der Waals surface area contributed by atoms with E-state index in [0.29, 0.717) is 0 Å². The number of hydrogen-bond donors (Lipinski definition) is 8. The van der Waals surface area contributed by atoms with Gasteiger partial charge in [0.15, 0.2) is 0 Å². The second-order valence-electron chi connectivity index (χ2n) is 38.0. The van der Waals surface area contributed by atoms with Crippen LogP contribution in [0.25, 0.3) is 0 Å². The fraction of sp³-hybridized carbons (Fsp3) is 0.518. The van der Waals surface area contributed by atoms with Crippen molar-refractivity contribution in [1.29, 1.82) is 0 Å². The molecule has 10 rings (SSSR count). The van der Waals surface area contributed by atoms with Gasteiger partial charge in [0.05, 0.1) is 184 Å². The molecule has 810 valence electrons. The summed E-state index contributed by atoms with van der Waals surface area (Å²) in [6, 6.07) is 78.5. The van der Waals surface area contributed by atoms with Crippen LogP contribution in [0.1, 0.15) is 44.5 Å². The average Bonchev–Trinajstić information content (AvgIpc) is 0.872. The van der Waals surface area contributed by atoms with Gasteiger partial charge in [0.2, 0.25) is 0 Å². The molecule has 36 nitrogen and oxygen atoms in total. The number of benzene rings is 8. The summed E-state index contributed by atoms with van der Waals surface area (Å²) in [7, 11) is 0. The number of β-amino-alcohol motifs (C(OH)–C–C–N with tert-alkyl or cyclic N) is 2. The van der Waals surface area contributed by atoms with Crippen molar-refractivity contribution in [3.63, 3.8) is 0 Å². The third kappa shape index (κ3) is 53.4. The standard InChI is InChI=1S/C112H156N10O26/c123-101(61-113-41-45-115(65-107(125)126)49-53-119(69-111(133)134)54-50-116(46-42-113)66-108(127)128)63-121(59-99(79-145-103(83-137-71-91-25-9-1-10-26-91)84-138-72-92-27-11-2-12-28-92)80-146-104(85-139-73-93-29-13-3-14-30-93)86-140-74-94-31-15-4-16-32-94)57-58-122(64-102(124)62-114-43-47-117(67-109(129)130)51-55-120(70-112(135)136)56-52-118(48-44-114)68-110(131)132)60-100(81-147-105(87-141-75-95-33-17-5-18-34-95)88-142-76-96-35-19-6-20-36-96)82-148-106(89-143-77-97-37-21-7-22-38-97)90-144-78-98-39-23-8-24-40-98/h1-40,99-106,123-124H,41-90H2,(H,125,126)(H,127,128)(H,129,130)(H,131,132)(H,133,134)(H,135,136). The molecule has 0 aliphatic carbocycles. The van der Waals surface area contributed by atoms with Crippen molar-refractivity contribution in [2.75, 3.05) is 276 Å². The van der Waals surface area contributed by atoms with Gasteiger partial charge in [-0.2, -0.15) is 0 Å². The summed E-state index contributed by atoms with van der Waals surface area (Å²) in [5.74, 6) is -7.66. The SMILES string of the molecule is O=C(O)CN1CCN(CC(=O)O)CCN(CC(O)CN(CCN(CC(O)CN2CCN(CC(=O)O)CCN(CC(=O)O)CCN(CC(=O)O)CC2)CC(COC(COCc2ccccc2)COCc2ccccc2)COC(COCc2ccccc2)COCc2ccccc2)CC(COC(COCc2ccccc2)COCc2ccccc2)COC(COCc2ccccc2)COCc2ccccc2)CCN(CC(=O)O)CC1. The predicted molar refractivity (Wildman–Crippen MR) is 557 cm³/mol. The monoisotopic (exact) mass is 2060 g/mol. The van der Waals surface area contributed by atoms with Crippen molar-refractivity contribution in [3.8, 4) is 0 Å². The molecule has 8 N–H and O–H groups in total. The average molecular weight is 2060 g/mol. The number of carbonyl (C=O) groups is 6. The van der Waals surface area contributed by atoms with E-state index in [0.717, 1.165) is 44.5 Å². The number of rotatable bonds is 71. The fourth-order valence-corrected chi connectivity index (χ4v) is 17.5. The highest BCUT2D eigenvalue weighted by molar-refractivity contribution is 5.71. The molecule has 0 bridgehead atoms. The lowest BCUT2D eigenvalue weighted by atomic mass is 10.1. The van der Waals surface area contributed by atoms with Crippen LogP contribution < -0.4 is 0 Å². The summed E-state index contributed by atoms with van der Waals surface area (Å²) in [5.41, 5.74) is 7.62. The molecule has 2 fully saturated rings. The lowest BCUT2D eigenvalue weighted by Gasteiger charge is -2.37. The van der Waals surface area contributed by atoms with Gasteiger partial charge in [0.25, 0.3) is 0 Å². The second kappa shape index (κ2) is 71.4. The summed E-state index contributed by atoms with van der Waals surface area (Å²) in [6.07, 6.45) is -4.99. The normalized spacial score (nSPS) is 15.5. The molecule has 148 heavy (non-hydrogen) atoms. The molecule has 2 saturated heterocycles. The first-order valence-electron chi connectivity index (χ1n) is 51.4. The molecule has 2 aliphatic heterocycles. The Labute approximate surface area is 870 Å². The highest BCUT2D eigenvalue weighted by atomic mass is 16.6. The minimum atomic E-state index is -1.20.